The molecule has 3 aromatic rings. The number of rotatable bonds is 6. The second-order valence-corrected chi connectivity index (χ2v) is 7.30. The summed E-state index contributed by atoms with van der Waals surface area (Å²) >= 11 is 5.92. The Hall–Kier alpha value is -2.86. The van der Waals surface area contributed by atoms with E-state index in [1.807, 2.05) is 24.3 Å². The highest BCUT2D eigenvalue weighted by atomic mass is 35.5. The molecule has 2 heterocycles. The van der Waals surface area contributed by atoms with Crippen LogP contribution in [0.25, 0.3) is 0 Å². The van der Waals surface area contributed by atoms with Gasteiger partial charge in [0.1, 0.15) is 0 Å². The van der Waals surface area contributed by atoms with Crippen molar-refractivity contribution in [1.29, 1.82) is 0 Å². The van der Waals surface area contributed by atoms with Crippen LogP contribution in [0.4, 0.5) is 23.1 Å². The smallest absolute Gasteiger partial charge is 0.249 e. The van der Waals surface area contributed by atoms with Crippen LogP contribution >= 0.6 is 11.6 Å². The van der Waals surface area contributed by atoms with E-state index in [1.54, 1.807) is 6.20 Å². The lowest BCUT2D eigenvalue weighted by atomic mass is 10.1. The van der Waals surface area contributed by atoms with Gasteiger partial charge >= 0.3 is 0 Å². The number of hydrogen-bond donors (Lipinski definition) is 2. The van der Waals surface area contributed by atoms with E-state index in [0.29, 0.717) is 18.3 Å². The number of aromatic nitrogens is 3. The molecule has 2 N–H and O–H groups in total. The standard InChI is InChI=1S/C21H23ClN6/c22-17-6-4-16(5-7-17)14-23-20-15-24-27-21(26-20)25-18-8-10-19(11-9-18)28-12-2-1-3-13-28/h4-11,15H,1-3,12-14H2,(H2,23,25,26,27). The van der Waals surface area contributed by atoms with Gasteiger partial charge in [-0.05, 0) is 61.2 Å². The zero-order valence-corrected chi connectivity index (χ0v) is 16.4. The van der Waals surface area contributed by atoms with Crippen molar-refractivity contribution in [3.63, 3.8) is 0 Å². The van der Waals surface area contributed by atoms with Gasteiger partial charge in [0.15, 0.2) is 5.82 Å². The molecule has 0 spiro atoms. The summed E-state index contributed by atoms with van der Waals surface area (Å²) in [4.78, 5) is 6.92. The van der Waals surface area contributed by atoms with Crippen LogP contribution in [0.2, 0.25) is 5.02 Å². The van der Waals surface area contributed by atoms with Crippen LogP contribution in [0.3, 0.4) is 0 Å². The summed E-state index contributed by atoms with van der Waals surface area (Å²) < 4.78 is 0. The van der Waals surface area contributed by atoms with Crippen molar-refractivity contribution in [3.05, 3.63) is 65.3 Å². The molecule has 1 saturated heterocycles. The van der Waals surface area contributed by atoms with Gasteiger partial charge in [-0.25, -0.2) is 0 Å². The van der Waals surface area contributed by atoms with Crippen molar-refractivity contribution in [3.8, 4) is 0 Å². The Kier molecular flexibility index (Phi) is 5.87. The van der Waals surface area contributed by atoms with E-state index in [9.17, 15) is 0 Å². The summed E-state index contributed by atoms with van der Waals surface area (Å²) in [5.41, 5.74) is 3.32. The van der Waals surface area contributed by atoms with Gasteiger partial charge < -0.3 is 15.5 Å². The fraction of sp³-hybridized carbons (Fsp3) is 0.286. The average molecular weight is 395 g/mol. The Morgan fingerprint density at radius 3 is 2.43 bits per heavy atom. The van der Waals surface area contributed by atoms with Gasteiger partial charge in [0.25, 0.3) is 0 Å². The highest BCUT2D eigenvalue weighted by Crippen LogP contribution is 2.23. The number of piperidine rings is 1. The molecule has 144 valence electrons. The number of nitrogens with one attached hydrogen (secondary N) is 2. The summed E-state index contributed by atoms with van der Waals surface area (Å²) in [6, 6.07) is 16.1. The van der Waals surface area contributed by atoms with E-state index in [2.05, 4.69) is 55.0 Å². The molecule has 0 aliphatic carbocycles. The molecule has 0 bridgehead atoms. The first-order chi connectivity index (χ1) is 13.8. The largest absolute Gasteiger partial charge is 0.372 e. The van der Waals surface area contributed by atoms with Crippen molar-refractivity contribution in [2.75, 3.05) is 28.6 Å². The number of anilines is 4. The lowest BCUT2D eigenvalue weighted by molar-refractivity contribution is 0.578. The van der Waals surface area contributed by atoms with Crippen molar-refractivity contribution in [2.45, 2.75) is 25.8 Å². The monoisotopic (exact) mass is 394 g/mol. The normalized spacial score (nSPS) is 14.0. The molecule has 1 fully saturated rings. The molecule has 2 aromatic carbocycles. The predicted octanol–water partition coefficient (Wildman–Crippen LogP) is 4.87. The fourth-order valence-electron chi connectivity index (χ4n) is 3.27. The van der Waals surface area contributed by atoms with Crippen LogP contribution in [0.5, 0.6) is 0 Å². The highest BCUT2D eigenvalue weighted by Gasteiger charge is 2.10. The zero-order chi connectivity index (χ0) is 19.2. The molecule has 0 saturated carbocycles. The molecule has 0 atom stereocenters. The minimum atomic E-state index is 0.465. The summed E-state index contributed by atoms with van der Waals surface area (Å²) in [5, 5.41) is 15.3. The fourth-order valence-corrected chi connectivity index (χ4v) is 3.40. The number of halogens is 1. The van der Waals surface area contributed by atoms with Crippen LogP contribution in [-0.4, -0.2) is 28.3 Å². The Morgan fingerprint density at radius 2 is 1.68 bits per heavy atom. The quantitative estimate of drug-likeness (QED) is 0.621. The van der Waals surface area contributed by atoms with E-state index >= 15 is 0 Å². The van der Waals surface area contributed by atoms with Crippen molar-refractivity contribution in [2.24, 2.45) is 0 Å². The average Bonchev–Trinajstić information content (AvgIpc) is 2.75. The van der Waals surface area contributed by atoms with Gasteiger partial charge in [0.05, 0.1) is 6.20 Å². The van der Waals surface area contributed by atoms with E-state index in [1.165, 1.54) is 24.9 Å². The van der Waals surface area contributed by atoms with Gasteiger partial charge in [-0.15, -0.1) is 5.10 Å². The summed E-state index contributed by atoms with van der Waals surface area (Å²) in [5.74, 6) is 1.13. The van der Waals surface area contributed by atoms with Crippen molar-refractivity contribution in [1.82, 2.24) is 15.2 Å². The topological polar surface area (TPSA) is 66.0 Å². The molecule has 28 heavy (non-hydrogen) atoms. The lowest BCUT2D eigenvalue weighted by Crippen LogP contribution is -2.29. The Balaban J connectivity index is 1.36. The van der Waals surface area contributed by atoms with Crippen LogP contribution < -0.4 is 15.5 Å². The molecule has 1 aromatic heterocycles. The van der Waals surface area contributed by atoms with Crippen molar-refractivity contribution >= 4 is 34.7 Å². The summed E-state index contributed by atoms with van der Waals surface area (Å²) in [6.07, 6.45) is 5.49. The third kappa shape index (κ3) is 4.89. The molecular formula is C21H23ClN6. The SMILES string of the molecule is Clc1ccc(CNc2cnnc(Nc3ccc(N4CCCCC4)cc3)n2)cc1. The lowest BCUT2D eigenvalue weighted by Gasteiger charge is -2.28. The maximum absolute atomic E-state index is 5.92. The van der Waals surface area contributed by atoms with Crippen LogP contribution in [0.1, 0.15) is 24.8 Å². The van der Waals surface area contributed by atoms with Gasteiger partial charge in [-0.2, -0.15) is 10.1 Å². The zero-order valence-electron chi connectivity index (χ0n) is 15.6. The van der Waals surface area contributed by atoms with Gasteiger partial charge in [-0.3, -0.25) is 0 Å². The first kappa shape index (κ1) is 18.5. The summed E-state index contributed by atoms with van der Waals surface area (Å²) in [6.45, 7) is 2.92. The Labute approximate surface area is 170 Å². The van der Waals surface area contributed by atoms with Gasteiger partial charge in [0.2, 0.25) is 5.95 Å². The van der Waals surface area contributed by atoms with Crippen LogP contribution in [-0.2, 0) is 6.54 Å². The minimum Gasteiger partial charge on any atom is -0.372 e. The van der Waals surface area contributed by atoms with E-state index in [-0.39, 0.29) is 0 Å². The molecule has 1 aliphatic rings. The second-order valence-electron chi connectivity index (χ2n) is 6.86. The van der Waals surface area contributed by atoms with Crippen LogP contribution in [0.15, 0.2) is 54.7 Å². The molecule has 4 rings (SSSR count). The number of hydrogen-bond acceptors (Lipinski definition) is 6. The Bertz CT molecular complexity index is 892. The first-order valence-electron chi connectivity index (χ1n) is 9.56. The maximum atomic E-state index is 5.92. The highest BCUT2D eigenvalue weighted by molar-refractivity contribution is 6.30. The minimum absolute atomic E-state index is 0.465. The third-order valence-electron chi connectivity index (χ3n) is 4.79. The molecule has 0 unspecified atom stereocenters. The van der Waals surface area contributed by atoms with Gasteiger partial charge in [-0.1, -0.05) is 23.7 Å². The third-order valence-corrected chi connectivity index (χ3v) is 5.04. The molecule has 6 nitrogen and oxygen atoms in total. The van der Waals surface area contributed by atoms with Crippen LogP contribution in [0, 0.1) is 0 Å². The molecule has 7 heteroatoms. The van der Waals surface area contributed by atoms with E-state index in [4.69, 9.17) is 11.6 Å². The van der Waals surface area contributed by atoms with E-state index < -0.39 is 0 Å². The Morgan fingerprint density at radius 1 is 0.929 bits per heavy atom. The van der Waals surface area contributed by atoms with Gasteiger partial charge in [0, 0.05) is 36.0 Å². The van der Waals surface area contributed by atoms with Crippen molar-refractivity contribution < 1.29 is 0 Å². The molecule has 1 aliphatic heterocycles. The predicted molar refractivity (Wildman–Crippen MR) is 114 cm³/mol. The number of benzene rings is 2. The molecular weight excluding hydrogens is 372 g/mol. The molecule has 0 amide bonds. The maximum Gasteiger partial charge on any atom is 0.249 e. The first-order valence-corrected chi connectivity index (χ1v) is 9.94. The second kappa shape index (κ2) is 8.89. The summed E-state index contributed by atoms with van der Waals surface area (Å²) in [7, 11) is 0. The number of nitrogens with zero attached hydrogens (tertiary/aromatic N) is 4. The molecule has 0 radical (unpaired) electrons. The van der Waals surface area contributed by atoms with E-state index in [0.717, 1.165) is 29.4 Å².